The molecule has 0 unspecified atom stereocenters. The van der Waals surface area contributed by atoms with Gasteiger partial charge >= 0.3 is 0 Å². The molecule has 156 valence electrons. The summed E-state index contributed by atoms with van der Waals surface area (Å²) >= 11 is 0. The molecule has 0 aromatic heterocycles. The van der Waals surface area contributed by atoms with Crippen molar-refractivity contribution >= 4 is 37.1 Å². The summed E-state index contributed by atoms with van der Waals surface area (Å²) in [6.07, 6.45) is 1.11. The van der Waals surface area contributed by atoms with E-state index in [0.717, 1.165) is 11.8 Å². The molecule has 0 aliphatic carbocycles. The van der Waals surface area contributed by atoms with Gasteiger partial charge in [-0.1, -0.05) is 17.7 Å². The van der Waals surface area contributed by atoms with Crippen LogP contribution in [0.2, 0.25) is 0 Å². The van der Waals surface area contributed by atoms with Crippen molar-refractivity contribution in [3.8, 4) is 0 Å². The third-order valence-corrected chi connectivity index (χ3v) is 6.80. The Morgan fingerprint density at radius 1 is 0.700 bits per heavy atom. The van der Waals surface area contributed by atoms with Crippen LogP contribution in [0.5, 0.6) is 0 Å². The number of carbonyl (C=O) groups is 1. The summed E-state index contributed by atoms with van der Waals surface area (Å²) in [6.45, 7) is 1.87. The van der Waals surface area contributed by atoms with Gasteiger partial charge in [0, 0.05) is 23.2 Å². The Bertz CT molecular complexity index is 1260. The van der Waals surface area contributed by atoms with Crippen molar-refractivity contribution in [1.29, 1.82) is 0 Å². The zero-order valence-corrected chi connectivity index (χ0v) is 17.9. The van der Waals surface area contributed by atoms with Crippen molar-refractivity contribution < 1.29 is 21.6 Å². The average molecular weight is 445 g/mol. The van der Waals surface area contributed by atoms with Gasteiger partial charge in [-0.25, -0.2) is 16.8 Å². The van der Waals surface area contributed by atoms with Crippen LogP contribution in [0.15, 0.2) is 82.6 Å². The molecule has 0 atom stereocenters. The van der Waals surface area contributed by atoms with Crippen molar-refractivity contribution in [2.45, 2.75) is 16.7 Å². The quantitative estimate of drug-likeness (QED) is 0.605. The highest BCUT2D eigenvalue weighted by Crippen LogP contribution is 2.19. The number of aryl methyl sites for hydroxylation is 1. The second-order valence-corrected chi connectivity index (χ2v) is 10.4. The fourth-order valence-electron chi connectivity index (χ4n) is 2.61. The minimum atomic E-state index is -3.73. The molecule has 3 aromatic carbocycles. The fourth-order valence-corrected chi connectivity index (χ4v) is 4.30. The van der Waals surface area contributed by atoms with Gasteiger partial charge in [0.2, 0.25) is 0 Å². The molecule has 0 bridgehead atoms. The van der Waals surface area contributed by atoms with E-state index in [4.69, 9.17) is 0 Å². The molecule has 0 radical (unpaired) electrons. The van der Waals surface area contributed by atoms with E-state index in [9.17, 15) is 21.6 Å². The number of hydrogen-bond donors (Lipinski definition) is 2. The summed E-state index contributed by atoms with van der Waals surface area (Å²) < 4.78 is 50.3. The van der Waals surface area contributed by atoms with Gasteiger partial charge in [-0.3, -0.25) is 9.52 Å². The average Bonchev–Trinajstić information content (AvgIpc) is 2.68. The lowest BCUT2D eigenvalue weighted by molar-refractivity contribution is 0.102. The van der Waals surface area contributed by atoms with Crippen LogP contribution < -0.4 is 10.0 Å². The highest BCUT2D eigenvalue weighted by Gasteiger charge is 2.14. The van der Waals surface area contributed by atoms with Crippen molar-refractivity contribution in [2.75, 3.05) is 16.3 Å². The Labute approximate surface area is 175 Å². The van der Waals surface area contributed by atoms with E-state index in [1.807, 2.05) is 6.92 Å². The number of rotatable bonds is 6. The molecule has 0 spiro atoms. The molecule has 0 saturated carbocycles. The third kappa shape index (κ3) is 5.25. The molecule has 0 aliphatic rings. The van der Waals surface area contributed by atoms with Gasteiger partial charge in [-0.2, -0.15) is 0 Å². The second-order valence-electron chi connectivity index (χ2n) is 6.75. The van der Waals surface area contributed by atoms with Gasteiger partial charge in [0.1, 0.15) is 0 Å². The Balaban J connectivity index is 1.69. The highest BCUT2D eigenvalue weighted by molar-refractivity contribution is 7.92. The molecule has 2 N–H and O–H groups in total. The van der Waals surface area contributed by atoms with Gasteiger partial charge in [0.15, 0.2) is 9.84 Å². The van der Waals surface area contributed by atoms with Crippen molar-refractivity contribution in [2.24, 2.45) is 0 Å². The Kier molecular flexibility index (Phi) is 5.95. The van der Waals surface area contributed by atoms with Crippen LogP contribution >= 0.6 is 0 Å². The van der Waals surface area contributed by atoms with Crippen LogP contribution in [0.25, 0.3) is 0 Å². The van der Waals surface area contributed by atoms with E-state index in [1.54, 1.807) is 12.1 Å². The van der Waals surface area contributed by atoms with E-state index in [2.05, 4.69) is 10.0 Å². The molecule has 0 fully saturated rings. The lowest BCUT2D eigenvalue weighted by Gasteiger charge is -2.10. The third-order valence-electron chi connectivity index (χ3n) is 4.27. The smallest absolute Gasteiger partial charge is 0.261 e. The first kappa shape index (κ1) is 21.5. The number of carbonyl (C=O) groups excluding carboxylic acids is 1. The van der Waals surface area contributed by atoms with Gasteiger partial charge in [-0.15, -0.1) is 0 Å². The SMILES string of the molecule is Cc1ccc(S(=O)(=O)Nc2ccc(C(=O)Nc3ccc(S(C)(=O)=O)cc3)cc2)cc1. The predicted molar refractivity (Wildman–Crippen MR) is 116 cm³/mol. The Hall–Kier alpha value is -3.17. The normalized spacial score (nSPS) is 11.7. The molecule has 7 nitrogen and oxygen atoms in total. The first-order chi connectivity index (χ1) is 14.0. The van der Waals surface area contributed by atoms with E-state index < -0.39 is 25.8 Å². The molecule has 30 heavy (non-hydrogen) atoms. The monoisotopic (exact) mass is 444 g/mol. The molecule has 1 amide bonds. The van der Waals surface area contributed by atoms with Crippen molar-refractivity contribution in [1.82, 2.24) is 0 Å². The molecular formula is C21H20N2O5S2. The number of anilines is 2. The lowest BCUT2D eigenvalue weighted by atomic mass is 10.2. The topological polar surface area (TPSA) is 109 Å². The zero-order chi connectivity index (χ0) is 21.9. The molecule has 3 rings (SSSR count). The van der Waals surface area contributed by atoms with E-state index in [0.29, 0.717) is 16.9 Å². The number of nitrogens with one attached hydrogen (secondary N) is 2. The Morgan fingerprint density at radius 3 is 1.73 bits per heavy atom. The standard InChI is InChI=1S/C21H20N2O5S2/c1-15-3-11-20(12-4-15)30(27,28)23-18-7-5-16(6-8-18)21(24)22-17-9-13-19(14-10-17)29(2,25)26/h3-14,23H,1-2H3,(H,22,24). The van der Waals surface area contributed by atoms with Gasteiger partial charge in [0.05, 0.1) is 9.79 Å². The molecule has 9 heteroatoms. The van der Waals surface area contributed by atoms with E-state index in [-0.39, 0.29) is 9.79 Å². The van der Waals surface area contributed by atoms with Crippen LogP contribution in [0.4, 0.5) is 11.4 Å². The van der Waals surface area contributed by atoms with Crippen LogP contribution in [0.3, 0.4) is 0 Å². The fraction of sp³-hybridized carbons (Fsp3) is 0.0952. The maximum atomic E-state index is 12.4. The van der Waals surface area contributed by atoms with Crippen molar-refractivity contribution in [3.05, 3.63) is 83.9 Å². The summed E-state index contributed by atoms with van der Waals surface area (Å²) in [4.78, 5) is 12.7. The highest BCUT2D eigenvalue weighted by atomic mass is 32.2. The molecule has 0 aliphatic heterocycles. The number of amides is 1. The summed E-state index contributed by atoms with van der Waals surface area (Å²) in [5.74, 6) is -0.407. The van der Waals surface area contributed by atoms with Crippen LogP contribution in [0.1, 0.15) is 15.9 Å². The zero-order valence-electron chi connectivity index (χ0n) is 16.3. The first-order valence-corrected chi connectivity index (χ1v) is 12.2. The summed E-state index contributed by atoms with van der Waals surface area (Å²) in [7, 11) is -7.04. The van der Waals surface area contributed by atoms with Crippen molar-refractivity contribution in [3.63, 3.8) is 0 Å². The summed E-state index contributed by atoms with van der Waals surface area (Å²) in [5.41, 5.74) is 2.04. The number of hydrogen-bond acceptors (Lipinski definition) is 5. The van der Waals surface area contributed by atoms with Crippen LogP contribution in [-0.4, -0.2) is 29.0 Å². The number of benzene rings is 3. The molecule has 3 aromatic rings. The lowest BCUT2D eigenvalue weighted by Crippen LogP contribution is -2.14. The van der Waals surface area contributed by atoms with Gasteiger partial charge in [-0.05, 0) is 67.6 Å². The number of sulfonamides is 1. The first-order valence-electron chi connectivity index (χ1n) is 8.86. The second kappa shape index (κ2) is 8.29. The summed E-state index contributed by atoms with van der Waals surface area (Å²) in [6, 6.07) is 18.3. The van der Waals surface area contributed by atoms with Gasteiger partial charge in [0.25, 0.3) is 15.9 Å². The largest absolute Gasteiger partial charge is 0.322 e. The van der Waals surface area contributed by atoms with Crippen LogP contribution in [0, 0.1) is 6.92 Å². The molecular weight excluding hydrogens is 424 g/mol. The predicted octanol–water partition coefficient (Wildman–Crippen LogP) is 3.45. The van der Waals surface area contributed by atoms with Crippen LogP contribution in [-0.2, 0) is 19.9 Å². The van der Waals surface area contributed by atoms with E-state index >= 15 is 0 Å². The maximum absolute atomic E-state index is 12.4. The molecule has 0 saturated heterocycles. The Morgan fingerprint density at radius 2 is 1.20 bits per heavy atom. The minimum Gasteiger partial charge on any atom is -0.322 e. The minimum absolute atomic E-state index is 0.146. The van der Waals surface area contributed by atoms with Gasteiger partial charge < -0.3 is 5.32 Å². The number of sulfone groups is 1. The maximum Gasteiger partial charge on any atom is 0.261 e. The summed E-state index contributed by atoms with van der Waals surface area (Å²) in [5, 5.41) is 2.66. The molecule has 0 heterocycles. The van der Waals surface area contributed by atoms with E-state index in [1.165, 1.54) is 60.7 Å².